The highest BCUT2D eigenvalue weighted by atomic mass is 16.5. The highest BCUT2D eigenvalue weighted by Gasteiger charge is 2.23. The van der Waals surface area contributed by atoms with Gasteiger partial charge in [-0.1, -0.05) is 0 Å². The van der Waals surface area contributed by atoms with Gasteiger partial charge in [-0.15, -0.1) is 0 Å². The predicted molar refractivity (Wildman–Crippen MR) is 51.2 cm³/mol. The first-order chi connectivity index (χ1) is 6.34. The zero-order valence-corrected chi connectivity index (χ0v) is 8.25. The second-order valence-electron chi connectivity index (χ2n) is 3.59. The number of nitrogens with one attached hydrogen (secondary N) is 1. The average Bonchev–Trinajstić information content (AvgIpc) is 2.52. The number of rotatable bonds is 5. The Morgan fingerprint density at radius 1 is 1.62 bits per heavy atom. The van der Waals surface area contributed by atoms with Crippen molar-refractivity contribution in [3.63, 3.8) is 0 Å². The van der Waals surface area contributed by atoms with Crippen LogP contribution in [0.25, 0.3) is 0 Å². The second-order valence-corrected chi connectivity index (χ2v) is 3.59. The molecule has 0 amide bonds. The molecule has 13 heavy (non-hydrogen) atoms. The van der Waals surface area contributed by atoms with Crippen molar-refractivity contribution in [2.24, 2.45) is 5.92 Å². The first kappa shape index (κ1) is 10.5. The monoisotopic (exact) mass is 182 g/mol. The van der Waals surface area contributed by atoms with Gasteiger partial charge in [-0.25, -0.2) is 0 Å². The minimum atomic E-state index is 0.406. The van der Waals surface area contributed by atoms with Gasteiger partial charge < -0.3 is 10.1 Å². The molecule has 0 aromatic rings. The summed E-state index contributed by atoms with van der Waals surface area (Å²) in [5, 5.41) is 11.7. The summed E-state index contributed by atoms with van der Waals surface area (Å²) in [7, 11) is 0. The molecule has 3 nitrogen and oxygen atoms in total. The van der Waals surface area contributed by atoms with Gasteiger partial charge in [0.05, 0.1) is 12.2 Å². The molecule has 1 rings (SSSR count). The van der Waals surface area contributed by atoms with Crippen LogP contribution in [-0.4, -0.2) is 25.8 Å². The Morgan fingerprint density at radius 2 is 2.46 bits per heavy atom. The van der Waals surface area contributed by atoms with Crippen LogP contribution in [0.2, 0.25) is 0 Å². The van der Waals surface area contributed by atoms with Crippen molar-refractivity contribution in [1.82, 2.24) is 5.32 Å². The molecule has 0 saturated carbocycles. The van der Waals surface area contributed by atoms with Crippen molar-refractivity contribution in [3.05, 3.63) is 0 Å². The lowest BCUT2D eigenvalue weighted by Gasteiger charge is -2.14. The summed E-state index contributed by atoms with van der Waals surface area (Å²) in [6.07, 6.45) is 3.19. The molecule has 0 bridgehead atoms. The molecule has 1 N–H and O–H groups in total. The molecule has 1 fully saturated rings. The lowest BCUT2D eigenvalue weighted by atomic mass is 10.0. The van der Waals surface area contributed by atoms with Crippen molar-refractivity contribution < 1.29 is 4.74 Å². The third-order valence-electron chi connectivity index (χ3n) is 2.58. The van der Waals surface area contributed by atoms with Gasteiger partial charge >= 0.3 is 0 Å². The molecular weight excluding hydrogens is 164 g/mol. The summed E-state index contributed by atoms with van der Waals surface area (Å²) in [6.45, 7) is 5.03. The van der Waals surface area contributed by atoms with Crippen molar-refractivity contribution in [2.75, 3.05) is 19.7 Å². The minimum Gasteiger partial charge on any atom is -0.378 e. The van der Waals surface area contributed by atoms with Gasteiger partial charge in [-0.05, 0) is 32.2 Å². The summed E-state index contributed by atoms with van der Waals surface area (Å²) in [6, 6.07) is 2.14. The van der Waals surface area contributed by atoms with E-state index in [1.807, 2.05) is 0 Å². The molecule has 2 unspecified atom stereocenters. The van der Waals surface area contributed by atoms with Crippen LogP contribution in [0.5, 0.6) is 0 Å². The van der Waals surface area contributed by atoms with E-state index in [0.717, 1.165) is 26.1 Å². The van der Waals surface area contributed by atoms with Crippen molar-refractivity contribution >= 4 is 0 Å². The average molecular weight is 182 g/mol. The fourth-order valence-electron chi connectivity index (χ4n) is 1.62. The minimum absolute atomic E-state index is 0.406. The maximum absolute atomic E-state index is 8.32. The fraction of sp³-hybridized carbons (Fsp3) is 0.900. The Morgan fingerprint density at radius 3 is 3.08 bits per heavy atom. The van der Waals surface area contributed by atoms with E-state index in [9.17, 15) is 0 Å². The first-order valence-corrected chi connectivity index (χ1v) is 5.04. The Labute approximate surface area is 80.1 Å². The van der Waals surface area contributed by atoms with E-state index in [1.165, 1.54) is 6.42 Å². The molecule has 74 valence electrons. The van der Waals surface area contributed by atoms with Crippen molar-refractivity contribution in [3.8, 4) is 6.07 Å². The number of ether oxygens (including phenoxy) is 1. The van der Waals surface area contributed by atoms with Crippen LogP contribution < -0.4 is 5.32 Å². The molecule has 0 radical (unpaired) electrons. The number of hydrogen-bond donors (Lipinski definition) is 1. The van der Waals surface area contributed by atoms with E-state index in [2.05, 4.69) is 18.3 Å². The molecule has 1 aliphatic heterocycles. The van der Waals surface area contributed by atoms with E-state index >= 15 is 0 Å². The van der Waals surface area contributed by atoms with E-state index in [0.29, 0.717) is 18.4 Å². The Bertz CT molecular complexity index is 176. The van der Waals surface area contributed by atoms with Gasteiger partial charge in [-0.3, -0.25) is 0 Å². The van der Waals surface area contributed by atoms with Crippen LogP contribution in [-0.2, 0) is 4.74 Å². The fourth-order valence-corrected chi connectivity index (χ4v) is 1.62. The normalized spacial score (nSPS) is 27.4. The van der Waals surface area contributed by atoms with E-state index in [4.69, 9.17) is 10.00 Å². The number of unbranched alkanes of at least 4 members (excludes halogenated alkanes) is 1. The summed E-state index contributed by atoms with van der Waals surface area (Å²) in [4.78, 5) is 0. The third-order valence-corrected chi connectivity index (χ3v) is 2.58. The topological polar surface area (TPSA) is 45.0 Å². The van der Waals surface area contributed by atoms with Crippen molar-refractivity contribution in [1.29, 1.82) is 5.26 Å². The summed E-state index contributed by atoms with van der Waals surface area (Å²) in [5.41, 5.74) is 0. The van der Waals surface area contributed by atoms with Gasteiger partial charge in [0.15, 0.2) is 0 Å². The largest absolute Gasteiger partial charge is 0.378 e. The van der Waals surface area contributed by atoms with E-state index in [-0.39, 0.29) is 0 Å². The lowest BCUT2D eigenvalue weighted by molar-refractivity contribution is 0.105. The maximum Gasteiger partial charge on any atom is 0.0622 e. The molecule has 0 aliphatic carbocycles. The van der Waals surface area contributed by atoms with Crippen LogP contribution in [0.1, 0.15) is 26.2 Å². The molecule has 1 saturated heterocycles. The van der Waals surface area contributed by atoms with E-state index < -0.39 is 0 Å². The maximum atomic E-state index is 8.32. The predicted octanol–water partition coefficient (Wildman–Crippen LogP) is 1.30. The lowest BCUT2D eigenvalue weighted by Crippen LogP contribution is -2.27. The summed E-state index contributed by atoms with van der Waals surface area (Å²) in [5.74, 6) is 0.669. The van der Waals surface area contributed by atoms with Crippen LogP contribution in [0.15, 0.2) is 0 Å². The number of nitrogens with zero attached hydrogens (tertiary/aromatic N) is 1. The first-order valence-electron chi connectivity index (χ1n) is 5.04. The zero-order valence-electron chi connectivity index (χ0n) is 8.25. The highest BCUT2D eigenvalue weighted by Crippen LogP contribution is 2.18. The Hall–Kier alpha value is -0.590. The number of nitriles is 1. The zero-order chi connectivity index (χ0) is 9.52. The molecule has 0 aromatic heterocycles. The molecule has 0 spiro atoms. The van der Waals surface area contributed by atoms with Crippen molar-refractivity contribution in [2.45, 2.75) is 32.3 Å². The molecule has 2 atom stereocenters. The van der Waals surface area contributed by atoms with Crippen LogP contribution >= 0.6 is 0 Å². The summed E-state index contributed by atoms with van der Waals surface area (Å²) >= 11 is 0. The Balaban J connectivity index is 1.96. The van der Waals surface area contributed by atoms with Gasteiger partial charge in [0.25, 0.3) is 0 Å². The smallest absolute Gasteiger partial charge is 0.0622 e. The van der Waals surface area contributed by atoms with Crippen LogP contribution in [0.3, 0.4) is 0 Å². The van der Waals surface area contributed by atoms with Crippen LogP contribution in [0.4, 0.5) is 0 Å². The van der Waals surface area contributed by atoms with Gasteiger partial charge in [-0.2, -0.15) is 5.26 Å². The quantitative estimate of drug-likeness (QED) is 0.652. The molecule has 3 heteroatoms. The standard InChI is InChI=1S/C10H18N2O/c1-9-10(4-7-13-9)8-12-6-3-2-5-11/h9-10,12H,2-4,6-8H2,1H3. The molecule has 1 heterocycles. The third kappa shape index (κ3) is 3.75. The molecule has 0 aromatic carbocycles. The van der Waals surface area contributed by atoms with Gasteiger partial charge in [0, 0.05) is 19.6 Å². The molecule has 1 aliphatic rings. The van der Waals surface area contributed by atoms with E-state index in [1.54, 1.807) is 0 Å². The Kier molecular flexibility index (Phi) is 4.81. The number of hydrogen-bond acceptors (Lipinski definition) is 3. The highest BCUT2D eigenvalue weighted by molar-refractivity contribution is 4.75. The summed E-state index contributed by atoms with van der Waals surface area (Å²) < 4.78 is 5.45. The van der Waals surface area contributed by atoms with Crippen LogP contribution in [0, 0.1) is 17.2 Å². The van der Waals surface area contributed by atoms with Gasteiger partial charge in [0.1, 0.15) is 0 Å². The molecular formula is C10H18N2O. The van der Waals surface area contributed by atoms with Gasteiger partial charge in [0.2, 0.25) is 0 Å². The second kappa shape index (κ2) is 5.95. The SMILES string of the molecule is CC1OCCC1CNCCCC#N.